The van der Waals surface area contributed by atoms with Crippen LogP contribution in [0.4, 0.5) is 13.2 Å². The molecule has 0 saturated carbocycles. The Morgan fingerprint density at radius 3 is 2.39 bits per heavy atom. The number of rotatable bonds is 6. The van der Waals surface area contributed by atoms with Gasteiger partial charge in [0, 0.05) is 25.4 Å². The summed E-state index contributed by atoms with van der Waals surface area (Å²) < 4.78 is 43.3. The van der Waals surface area contributed by atoms with Gasteiger partial charge in [-0.2, -0.15) is 13.2 Å². The minimum Gasteiger partial charge on any atom is -0.497 e. The molecule has 2 rings (SSSR count). The van der Waals surface area contributed by atoms with Gasteiger partial charge < -0.3 is 15.4 Å². The Hall–Kier alpha value is -2.81. The van der Waals surface area contributed by atoms with Crippen LogP contribution in [0.1, 0.15) is 27.5 Å². The molecule has 1 heterocycles. The van der Waals surface area contributed by atoms with E-state index < -0.39 is 29.5 Å². The van der Waals surface area contributed by atoms with Crippen molar-refractivity contribution in [2.24, 2.45) is 0 Å². The normalized spacial score (nSPS) is 12.2. The summed E-state index contributed by atoms with van der Waals surface area (Å²) in [6.07, 6.45) is -4.01. The van der Waals surface area contributed by atoms with Crippen molar-refractivity contribution in [2.75, 3.05) is 20.7 Å². The number of methoxy groups -OCH3 is 1. The number of ether oxygens (including phenoxy) is 1. The van der Waals surface area contributed by atoms with Crippen LogP contribution in [0.25, 0.3) is 0 Å². The second kappa shape index (κ2) is 8.92. The Morgan fingerprint density at radius 1 is 1.25 bits per heavy atom. The lowest BCUT2D eigenvalue weighted by molar-refractivity contribution is -0.137. The van der Waals surface area contributed by atoms with E-state index in [1.165, 1.54) is 26.3 Å². The average Bonchev–Trinajstić information content (AvgIpc) is 2.67. The van der Waals surface area contributed by atoms with Crippen molar-refractivity contribution in [3.63, 3.8) is 0 Å². The van der Waals surface area contributed by atoms with Crippen LogP contribution in [0.3, 0.4) is 0 Å². The summed E-state index contributed by atoms with van der Waals surface area (Å²) >= 11 is 5.93. The first-order valence-corrected chi connectivity index (χ1v) is 8.41. The molecule has 2 aromatic rings. The average molecular weight is 416 g/mol. The summed E-state index contributed by atoms with van der Waals surface area (Å²) in [7, 11) is 2.85. The van der Waals surface area contributed by atoms with Gasteiger partial charge in [-0.3, -0.25) is 14.6 Å². The summed E-state index contributed by atoms with van der Waals surface area (Å²) in [6, 6.07) is 6.96. The van der Waals surface area contributed by atoms with Crippen molar-refractivity contribution in [3.05, 3.63) is 58.4 Å². The van der Waals surface area contributed by atoms with Gasteiger partial charge in [0.05, 0.1) is 29.3 Å². The number of aromatic nitrogens is 1. The molecule has 2 amide bonds. The maximum Gasteiger partial charge on any atom is 0.417 e. The predicted octanol–water partition coefficient (Wildman–Crippen LogP) is 3.02. The Balaban J connectivity index is 2.20. The molecular formula is C18H17ClF3N3O3. The molecule has 1 atom stereocenters. The highest BCUT2D eigenvalue weighted by molar-refractivity contribution is 6.31. The maximum atomic E-state index is 12.8. The third-order valence-corrected chi connectivity index (χ3v) is 4.21. The minimum absolute atomic E-state index is 0.0657. The number of nitrogens with one attached hydrogen (secondary N) is 2. The van der Waals surface area contributed by atoms with E-state index in [-0.39, 0.29) is 17.3 Å². The maximum absolute atomic E-state index is 12.8. The molecule has 0 aliphatic rings. The zero-order valence-electron chi connectivity index (χ0n) is 14.9. The molecule has 0 radical (unpaired) electrons. The molecule has 1 aromatic carbocycles. The Kier molecular flexibility index (Phi) is 6.85. The lowest BCUT2D eigenvalue weighted by Gasteiger charge is -2.18. The molecular weight excluding hydrogens is 399 g/mol. The second-order valence-corrected chi connectivity index (χ2v) is 6.10. The summed E-state index contributed by atoms with van der Waals surface area (Å²) in [6.45, 7) is -0.206. The van der Waals surface area contributed by atoms with E-state index in [1.807, 2.05) is 0 Å². The van der Waals surface area contributed by atoms with Crippen molar-refractivity contribution in [2.45, 2.75) is 12.1 Å². The van der Waals surface area contributed by atoms with E-state index in [0.717, 1.165) is 0 Å². The van der Waals surface area contributed by atoms with Crippen LogP contribution in [0.15, 0.2) is 36.5 Å². The van der Waals surface area contributed by atoms with Crippen molar-refractivity contribution >= 4 is 23.4 Å². The second-order valence-electron chi connectivity index (χ2n) is 5.69. The third kappa shape index (κ3) is 5.13. The Morgan fingerprint density at radius 2 is 1.89 bits per heavy atom. The van der Waals surface area contributed by atoms with Gasteiger partial charge in [-0.25, -0.2) is 0 Å². The van der Waals surface area contributed by atoms with E-state index in [2.05, 4.69) is 15.6 Å². The number of pyridine rings is 1. The first-order valence-electron chi connectivity index (χ1n) is 8.03. The quantitative estimate of drug-likeness (QED) is 0.760. The topological polar surface area (TPSA) is 80.3 Å². The van der Waals surface area contributed by atoms with Crippen molar-refractivity contribution in [3.8, 4) is 5.75 Å². The van der Waals surface area contributed by atoms with Crippen molar-refractivity contribution in [1.82, 2.24) is 15.6 Å². The monoisotopic (exact) mass is 415 g/mol. The van der Waals surface area contributed by atoms with Crippen LogP contribution in [-0.2, 0) is 11.0 Å². The standard InChI is InChI=1S/C18H17ClF3N3O3/c1-23-17(27)13(15-14(19)7-11(8-24-15)18(20,21)22)9-25-16(26)10-3-5-12(28-2)6-4-10/h3-8,13H,9H2,1-2H3,(H,23,27)(H,25,26). The van der Waals surface area contributed by atoms with Gasteiger partial charge in [0.2, 0.25) is 5.91 Å². The lowest BCUT2D eigenvalue weighted by atomic mass is 10.0. The van der Waals surface area contributed by atoms with Crippen LogP contribution in [0, 0.1) is 0 Å². The first-order chi connectivity index (χ1) is 13.2. The van der Waals surface area contributed by atoms with Gasteiger partial charge in [-0.1, -0.05) is 11.6 Å². The number of alkyl halides is 3. The van der Waals surface area contributed by atoms with Crippen LogP contribution in [0.5, 0.6) is 5.75 Å². The summed E-state index contributed by atoms with van der Waals surface area (Å²) in [5.41, 5.74) is -0.772. The molecule has 1 unspecified atom stereocenters. The molecule has 0 bridgehead atoms. The highest BCUT2D eigenvalue weighted by Crippen LogP contribution is 2.32. The fraction of sp³-hybridized carbons (Fsp3) is 0.278. The fourth-order valence-corrected chi connectivity index (χ4v) is 2.68. The van der Waals surface area contributed by atoms with E-state index in [0.29, 0.717) is 23.6 Å². The van der Waals surface area contributed by atoms with Gasteiger partial charge >= 0.3 is 6.18 Å². The molecule has 28 heavy (non-hydrogen) atoms. The van der Waals surface area contributed by atoms with Crippen molar-refractivity contribution < 1.29 is 27.5 Å². The highest BCUT2D eigenvalue weighted by Gasteiger charge is 2.33. The van der Waals surface area contributed by atoms with E-state index in [4.69, 9.17) is 16.3 Å². The molecule has 2 N–H and O–H groups in total. The largest absolute Gasteiger partial charge is 0.497 e. The molecule has 150 valence electrons. The molecule has 1 aromatic heterocycles. The molecule has 10 heteroatoms. The van der Waals surface area contributed by atoms with Gasteiger partial charge in [0.25, 0.3) is 5.91 Å². The highest BCUT2D eigenvalue weighted by atomic mass is 35.5. The number of carbonyl (C=O) groups excluding carboxylic acids is 2. The summed E-state index contributed by atoms with van der Waals surface area (Å²) in [5, 5.41) is 4.63. The number of carbonyl (C=O) groups is 2. The van der Waals surface area contributed by atoms with E-state index in [1.54, 1.807) is 12.1 Å². The molecule has 0 aliphatic heterocycles. The predicted molar refractivity (Wildman–Crippen MR) is 96.4 cm³/mol. The fourth-order valence-electron chi connectivity index (χ4n) is 2.39. The van der Waals surface area contributed by atoms with Gasteiger partial charge in [0.1, 0.15) is 5.75 Å². The number of nitrogens with zero attached hydrogens (tertiary/aromatic N) is 1. The van der Waals surface area contributed by atoms with E-state index >= 15 is 0 Å². The number of likely N-dealkylation sites (N-methyl/N-ethyl adjacent to an activating group) is 1. The molecule has 0 fully saturated rings. The summed E-state index contributed by atoms with van der Waals surface area (Å²) in [5.74, 6) is -1.52. The molecule has 0 saturated heterocycles. The van der Waals surface area contributed by atoms with Crippen molar-refractivity contribution in [1.29, 1.82) is 0 Å². The van der Waals surface area contributed by atoms with Gasteiger partial charge in [0.15, 0.2) is 0 Å². The van der Waals surface area contributed by atoms with Gasteiger partial charge in [-0.15, -0.1) is 0 Å². The van der Waals surface area contributed by atoms with Crippen LogP contribution < -0.4 is 15.4 Å². The molecule has 0 aliphatic carbocycles. The van der Waals surface area contributed by atoms with Gasteiger partial charge in [-0.05, 0) is 30.3 Å². The van der Waals surface area contributed by atoms with Crippen LogP contribution in [-0.4, -0.2) is 37.5 Å². The molecule has 6 nitrogen and oxygen atoms in total. The SMILES string of the molecule is CNC(=O)C(CNC(=O)c1ccc(OC)cc1)c1ncc(C(F)(F)F)cc1Cl. The third-order valence-electron chi connectivity index (χ3n) is 3.91. The number of hydrogen-bond acceptors (Lipinski definition) is 4. The first kappa shape index (κ1) is 21.5. The number of amides is 2. The zero-order valence-corrected chi connectivity index (χ0v) is 15.7. The van der Waals surface area contributed by atoms with E-state index in [9.17, 15) is 22.8 Å². The smallest absolute Gasteiger partial charge is 0.417 e. The lowest BCUT2D eigenvalue weighted by Crippen LogP contribution is -2.36. The number of halogens is 4. The number of hydrogen-bond donors (Lipinski definition) is 2. The Labute approximate surface area is 164 Å². The van der Waals surface area contributed by atoms with Crippen LogP contribution >= 0.6 is 11.6 Å². The zero-order chi connectivity index (χ0) is 20.9. The Bertz CT molecular complexity index is 857. The minimum atomic E-state index is -4.61. The van der Waals surface area contributed by atoms with Crippen LogP contribution in [0.2, 0.25) is 5.02 Å². The molecule has 0 spiro atoms. The summed E-state index contributed by atoms with van der Waals surface area (Å²) in [4.78, 5) is 28.2. The number of benzene rings is 1.